The fourth-order valence-corrected chi connectivity index (χ4v) is 2.81. The first-order valence-electron chi connectivity index (χ1n) is 7.89. The molecule has 0 saturated carbocycles. The number of unbranched alkanes of at least 4 members (excludes halogenated alkanes) is 2. The smallest absolute Gasteiger partial charge is 0.303 e. The Kier molecular flexibility index (Phi) is 8.92. The van der Waals surface area contributed by atoms with Gasteiger partial charge in [-0.3, -0.25) is 4.79 Å². The van der Waals surface area contributed by atoms with Crippen LogP contribution in [-0.4, -0.2) is 27.0 Å². The molecule has 0 aromatic heterocycles. The van der Waals surface area contributed by atoms with Gasteiger partial charge in [0, 0.05) is 6.92 Å². The second-order valence-electron chi connectivity index (χ2n) is 6.96. The SMILES string of the molecule is CCCCCC(C#CCOC(C)=O)O[Si](C)(C)C(C)(C)C. The summed E-state index contributed by atoms with van der Waals surface area (Å²) >= 11 is 0. The van der Waals surface area contributed by atoms with E-state index in [4.69, 9.17) is 9.16 Å². The number of rotatable bonds is 7. The van der Waals surface area contributed by atoms with Crippen LogP contribution in [0.15, 0.2) is 0 Å². The van der Waals surface area contributed by atoms with Gasteiger partial charge in [-0.25, -0.2) is 0 Å². The number of carbonyl (C=O) groups excluding carboxylic acids is 1. The summed E-state index contributed by atoms with van der Waals surface area (Å²) in [5.41, 5.74) is 0. The van der Waals surface area contributed by atoms with Gasteiger partial charge in [0.15, 0.2) is 14.9 Å². The first kappa shape index (κ1) is 20.2. The summed E-state index contributed by atoms with van der Waals surface area (Å²) in [6, 6.07) is 0. The van der Waals surface area contributed by atoms with Crippen molar-refractivity contribution < 1.29 is 14.0 Å². The van der Waals surface area contributed by atoms with Gasteiger partial charge in [-0.05, 0) is 31.0 Å². The van der Waals surface area contributed by atoms with Crippen molar-refractivity contribution in [3.05, 3.63) is 0 Å². The van der Waals surface area contributed by atoms with Crippen LogP contribution in [0.3, 0.4) is 0 Å². The molecule has 3 nitrogen and oxygen atoms in total. The zero-order valence-corrected chi connectivity index (χ0v) is 15.8. The maximum Gasteiger partial charge on any atom is 0.303 e. The standard InChI is InChI=1S/C17H32O3Si/c1-8-9-10-12-16(13-11-14-19-15(2)18)20-21(6,7)17(3,4)5/h16H,8-10,12,14H2,1-7H3. The minimum atomic E-state index is -1.82. The summed E-state index contributed by atoms with van der Waals surface area (Å²) in [6.07, 6.45) is 4.41. The molecule has 0 amide bonds. The minimum Gasteiger partial charge on any atom is -0.453 e. The summed E-state index contributed by atoms with van der Waals surface area (Å²) in [6.45, 7) is 14.9. The van der Waals surface area contributed by atoms with Crippen LogP contribution in [0.25, 0.3) is 0 Å². The second kappa shape index (κ2) is 9.27. The third-order valence-electron chi connectivity index (χ3n) is 3.92. The van der Waals surface area contributed by atoms with Gasteiger partial charge < -0.3 is 9.16 Å². The lowest BCUT2D eigenvalue weighted by Gasteiger charge is -2.38. The van der Waals surface area contributed by atoms with E-state index in [1.807, 2.05) is 0 Å². The van der Waals surface area contributed by atoms with Crippen molar-refractivity contribution in [2.75, 3.05) is 6.61 Å². The lowest BCUT2D eigenvalue weighted by Crippen LogP contribution is -2.43. The molecule has 1 atom stereocenters. The Labute approximate surface area is 131 Å². The van der Waals surface area contributed by atoms with E-state index in [0.717, 1.165) is 12.8 Å². The molecule has 122 valence electrons. The molecular weight excluding hydrogens is 280 g/mol. The highest BCUT2D eigenvalue weighted by molar-refractivity contribution is 6.74. The normalized spacial score (nSPS) is 13.3. The van der Waals surface area contributed by atoms with Crippen LogP contribution in [-0.2, 0) is 14.0 Å². The Morgan fingerprint density at radius 3 is 2.33 bits per heavy atom. The second-order valence-corrected chi connectivity index (χ2v) is 11.7. The van der Waals surface area contributed by atoms with Crippen molar-refractivity contribution in [1.82, 2.24) is 0 Å². The number of hydrogen-bond acceptors (Lipinski definition) is 3. The van der Waals surface area contributed by atoms with Crippen LogP contribution in [0.2, 0.25) is 18.1 Å². The first-order chi connectivity index (χ1) is 9.60. The molecular formula is C17H32O3Si. The van der Waals surface area contributed by atoms with Crippen molar-refractivity contribution in [2.24, 2.45) is 0 Å². The average molecular weight is 313 g/mol. The van der Waals surface area contributed by atoms with Crippen molar-refractivity contribution in [1.29, 1.82) is 0 Å². The van der Waals surface area contributed by atoms with Crippen LogP contribution in [0.1, 0.15) is 60.3 Å². The Bertz CT molecular complexity index is 372. The van der Waals surface area contributed by atoms with Gasteiger partial charge in [-0.2, -0.15) is 0 Å². The molecule has 0 aromatic rings. The van der Waals surface area contributed by atoms with E-state index in [1.54, 1.807) is 0 Å². The first-order valence-corrected chi connectivity index (χ1v) is 10.8. The van der Waals surface area contributed by atoms with Gasteiger partial charge in [0.25, 0.3) is 0 Å². The average Bonchev–Trinajstić information content (AvgIpc) is 2.32. The van der Waals surface area contributed by atoms with Gasteiger partial charge in [0.1, 0.15) is 6.10 Å². The third kappa shape index (κ3) is 8.95. The Hall–Kier alpha value is -0.793. The summed E-state index contributed by atoms with van der Waals surface area (Å²) in [7, 11) is -1.82. The molecule has 0 aromatic carbocycles. The van der Waals surface area contributed by atoms with Gasteiger partial charge in [-0.1, -0.05) is 52.4 Å². The monoisotopic (exact) mass is 312 g/mol. The predicted octanol–water partition coefficient (Wildman–Crippen LogP) is 4.52. The molecule has 0 radical (unpaired) electrons. The summed E-state index contributed by atoms with van der Waals surface area (Å²) in [4.78, 5) is 10.7. The zero-order chi connectivity index (χ0) is 16.5. The molecule has 0 bridgehead atoms. The molecule has 0 rings (SSSR count). The minimum absolute atomic E-state index is 0.0481. The fourth-order valence-electron chi connectivity index (χ4n) is 1.57. The number of carbonyl (C=O) groups is 1. The van der Waals surface area contributed by atoms with Crippen LogP contribution < -0.4 is 0 Å². The maximum atomic E-state index is 10.7. The van der Waals surface area contributed by atoms with E-state index in [2.05, 4.69) is 52.6 Å². The van der Waals surface area contributed by atoms with Crippen LogP contribution in [0, 0.1) is 11.8 Å². The molecule has 0 aliphatic heterocycles. The summed E-state index contributed by atoms with van der Waals surface area (Å²) in [5.74, 6) is 5.78. The molecule has 1 unspecified atom stereocenters. The van der Waals surface area contributed by atoms with Gasteiger partial charge in [-0.15, -0.1) is 0 Å². The Balaban J connectivity index is 4.69. The molecule has 0 fully saturated rings. The summed E-state index contributed by atoms with van der Waals surface area (Å²) < 4.78 is 11.2. The van der Waals surface area contributed by atoms with E-state index < -0.39 is 8.32 Å². The molecule has 4 heteroatoms. The van der Waals surface area contributed by atoms with Crippen molar-refractivity contribution in [3.8, 4) is 11.8 Å². The highest BCUT2D eigenvalue weighted by atomic mass is 28.4. The van der Waals surface area contributed by atoms with Gasteiger partial charge in [0.2, 0.25) is 0 Å². The fraction of sp³-hybridized carbons (Fsp3) is 0.824. The largest absolute Gasteiger partial charge is 0.453 e. The molecule has 0 heterocycles. The number of hydrogen-bond donors (Lipinski definition) is 0. The quantitative estimate of drug-likeness (QED) is 0.300. The lowest BCUT2D eigenvalue weighted by atomic mass is 10.1. The summed E-state index contributed by atoms with van der Waals surface area (Å²) in [5, 5.41) is 0.174. The van der Waals surface area contributed by atoms with E-state index in [-0.39, 0.29) is 23.7 Å². The van der Waals surface area contributed by atoms with E-state index >= 15 is 0 Å². The highest BCUT2D eigenvalue weighted by Crippen LogP contribution is 2.37. The van der Waals surface area contributed by atoms with Crippen LogP contribution >= 0.6 is 0 Å². The number of ether oxygens (including phenoxy) is 1. The number of esters is 1. The van der Waals surface area contributed by atoms with E-state index in [9.17, 15) is 4.79 Å². The molecule has 0 aliphatic rings. The molecule has 21 heavy (non-hydrogen) atoms. The van der Waals surface area contributed by atoms with Crippen molar-refractivity contribution in [2.45, 2.75) is 84.5 Å². The topological polar surface area (TPSA) is 35.5 Å². The van der Waals surface area contributed by atoms with E-state index in [0.29, 0.717) is 0 Å². The highest BCUT2D eigenvalue weighted by Gasteiger charge is 2.38. The predicted molar refractivity (Wildman–Crippen MR) is 90.6 cm³/mol. The molecule has 0 spiro atoms. The van der Waals surface area contributed by atoms with Crippen LogP contribution in [0.5, 0.6) is 0 Å². The molecule has 0 N–H and O–H groups in total. The van der Waals surface area contributed by atoms with Gasteiger partial charge >= 0.3 is 5.97 Å². The Morgan fingerprint density at radius 2 is 1.86 bits per heavy atom. The third-order valence-corrected chi connectivity index (χ3v) is 8.41. The van der Waals surface area contributed by atoms with Crippen molar-refractivity contribution >= 4 is 14.3 Å². The van der Waals surface area contributed by atoms with Crippen molar-refractivity contribution in [3.63, 3.8) is 0 Å². The van der Waals surface area contributed by atoms with Gasteiger partial charge in [0.05, 0.1) is 0 Å². The van der Waals surface area contributed by atoms with Crippen LogP contribution in [0.4, 0.5) is 0 Å². The lowest BCUT2D eigenvalue weighted by molar-refractivity contribution is -0.139. The van der Waals surface area contributed by atoms with E-state index in [1.165, 1.54) is 19.8 Å². The Morgan fingerprint density at radius 1 is 1.24 bits per heavy atom. The zero-order valence-electron chi connectivity index (χ0n) is 14.8. The maximum absolute atomic E-state index is 10.7. The molecule has 0 aliphatic carbocycles. The molecule has 0 saturated heterocycles.